The molecule has 2 aliphatic rings. The maximum Gasteiger partial charge on any atom is 0.326 e. The summed E-state index contributed by atoms with van der Waals surface area (Å²) in [4.78, 5) is 27.0. The summed E-state index contributed by atoms with van der Waals surface area (Å²) in [6.07, 6.45) is 4.71. The Labute approximate surface area is 208 Å². The summed E-state index contributed by atoms with van der Waals surface area (Å²) in [6, 6.07) is 6.34. The predicted octanol–water partition coefficient (Wildman–Crippen LogP) is 5.83. The minimum Gasteiger partial charge on any atom is -0.415 e. The lowest BCUT2D eigenvalue weighted by Crippen LogP contribution is -2.52. The van der Waals surface area contributed by atoms with Crippen LogP contribution in [0.2, 0.25) is 18.1 Å². The number of para-hydroxylation sites is 1. The lowest BCUT2D eigenvalue weighted by atomic mass is 9.93. The van der Waals surface area contributed by atoms with Crippen LogP contribution in [0.15, 0.2) is 29.6 Å². The van der Waals surface area contributed by atoms with Crippen LogP contribution < -0.4 is 10.2 Å². The third kappa shape index (κ3) is 4.70. The molecule has 0 radical (unpaired) electrons. The van der Waals surface area contributed by atoms with Crippen molar-refractivity contribution < 1.29 is 9.22 Å². The van der Waals surface area contributed by atoms with Crippen molar-refractivity contribution in [3.05, 3.63) is 41.1 Å². The molecule has 1 aromatic heterocycles. The number of anilines is 2. The van der Waals surface area contributed by atoms with Gasteiger partial charge in [0.2, 0.25) is 0 Å². The predicted molar refractivity (Wildman–Crippen MR) is 142 cm³/mol. The Morgan fingerprint density at radius 2 is 2.06 bits per heavy atom. The SMILES string of the molecule is CSc1ncc2c(n1)N(CCO[Si](C)(C)C(C)(C)C)C(=O)N(C1CCNc3c(C)cccc31)C2. The number of carbonyl (C=O) groups excluding carboxylic acids is 1. The van der Waals surface area contributed by atoms with E-state index in [0.29, 0.717) is 24.9 Å². The molecule has 1 atom stereocenters. The topological polar surface area (TPSA) is 70.6 Å². The van der Waals surface area contributed by atoms with Gasteiger partial charge in [-0.15, -0.1) is 0 Å². The number of hydrogen-bond donors (Lipinski definition) is 1. The van der Waals surface area contributed by atoms with Crippen molar-refractivity contribution in [1.29, 1.82) is 0 Å². The van der Waals surface area contributed by atoms with Gasteiger partial charge in [-0.05, 0) is 48.9 Å². The largest absolute Gasteiger partial charge is 0.415 e. The summed E-state index contributed by atoms with van der Waals surface area (Å²) in [5, 5.41) is 4.33. The first kappa shape index (κ1) is 25.0. The molecule has 0 saturated carbocycles. The number of amides is 2. The van der Waals surface area contributed by atoms with Gasteiger partial charge in [0.15, 0.2) is 13.5 Å². The van der Waals surface area contributed by atoms with Crippen molar-refractivity contribution in [3.8, 4) is 0 Å². The molecule has 2 amide bonds. The van der Waals surface area contributed by atoms with Crippen LogP contribution in [0.1, 0.15) is 49.9 Å². The normalized spacial score (nSPS) is 18.4. The minimum atomic E-state index is -1.92. The first-order valence-electron chi connectivity index (χ1n) is 12.0. The summed E-state index contributed by atoms with van der Waals surface area (Å²) in [5.74, 6) is 0.720. The molecule has 1 unspecified atom stereocenters. The van der Waals surface area contributed by atoms with Crippen molar-refractivity contribution in [1.82, 2.24) is 14.9 Å². The van der Waals surface area contributed by atoms with Crippen LogP contribution in [0, 0.1) is 6.92 Å². The zero-order valence-corrected chi connectivity index (χ0v) is 23.3. The molecular formula is C25H37N5O2SSi. The Morgan fingerprint density at radius 3 is 2.76 bits per heavy atom. The lowest BCUT2D eigenvalue weighted by molar-refractivity contribution is 0.166. The van der Waals surface area contributed by atoms with E-state index in [1.165, 1.54) is 22.9 Å². The summed E-state index contributed by atoms with van der Waals surface area (Å²) < 4.78 is 6.44. The van der Waals surface area contributed by atoms with E-state index in [0.717, 1.165) is 30.0 Å². The van der Waals surface area contributed by atoms with Gasteiger partial charge in [-0.1, -0.05) is 50.7 Å². The molecule has 0 saturated heterocycles. The Kier molecular flexibility index (Phi) is 6.99. The van der Waals surface area contributed by atoms with Crippen molar-refractivity contribution >= 4 is 37.6 Å². The van der Waals surface area contributed by atoms with Crippen LogP contribution in [0.3, 0.4) is 0 Å². The van der Waals surface area contributed by atoms with Crippen molar-refractivity contribution in [3.63, 3.8) is 0 Å². The van der Waals surface area contributed by atoms with Crippen LogP contribution in [0.4, 0.5) is 16.3 Å². The number of hydrogen-bond acceptors (Lipinski definition) is 6. The zero-order chi connectivity index (χ0) is 24.7. The first-order chi connectivity index (χ1) is 16.0. The first-order valence-corrected chi connectivity index (χ1v) is 16.1. The van der Waals surface area contributed by atoms with E-state index in [4.69, 9.17) is 9.41 Å². The van der Waals surface area contributed by atoms with Crippen molar-refractivity contribution in [2.45, 2.75) is 70.0 Å². The number of benzene rings is 1. The van der Waals surface area contributed by atoms with E-state index >= 15 is 0 Å². The van der Waals surface area contributed by atoms with E-state index in [2.05, 4.69) is 69.3 Å². The molecule has 184 valence electrons. The highest BCUT2D eigenvalue weighted by molar-refractivity contribution is 7.98. The minimum absolute atomic E-state index is 0.00330. The Morgan fingerprint density at radius 1 is 1.29 bits per heavy atom. The number of urea groups is 1. The van der Waals surface area contributed by atoms with Crippen LogP contribution in [-0.2, 0) is 11.0 Å². The van der Waals surface area contributed by atoms with E-state index in [9.17, 15) is 4.79 Å². The number of nitrogens with one attached hydrogen (secondary N) is 1. The van der Waals surface area contributed by atoms with Gasteiger partial charge in [-0.25, -0.2) is 14.8 Å². The Bertz CT molecular complexity index is 1070. The maximum absolute atomic E-state index is 14.0. The molecule has 1 aromatic carbocycles. The molecule has 1 N–H and O–H groups in total. The number of fused-ring (bicyclic) bond motifs is 2. The third-order valence-corrected chi connectivity index (χ3v) is 12.5. The van der Waals surface area contributed by atoms with Gasteiger partial charge in [0.1, 0.15) is 5.82 Å². The molecule has 0 spiro atoms. The average Bonchev–Trinajstić information content (AvgIpc) is 2.79. The molecule has 2 aromatic rings. The lowest BCUT2D eigenvalue weighted by Gasteiger charge is -2.43. The fraction of sp³-hybridized carbons (Fsp3) is 0.560. The average molecular weight is 500 g/mol. The number of aromatic nitrogens is 2. The molecule has 3 heterocycles. The van der Waals surface area contributed by atoms with Gasteiger partial charge in [0, 0.05) is 24.0 Å². The third-order valence-electron chi connectivity index (χ3n) is 7.42. The molecule has 0 bridgehead atoms. The molecule has 0 aliphatic carbocycles. The number of aryl methyl sites for hydroxylation is 1. The van der Waals surface area contributed by atoms with E-state index in [1.54, 1.807) is 0 Å². The van der Waals surface area contributed by atoms with Crippen LogP contribution in [-0.4, -0.2) is 55.2 Å². The van der Waals surface area contributed by atoms with E-state index < -0.39 is 8.32 Å². The fourth-order valence-corrected chi connectivity index (χ4v) is 5.77. The standard InChI is InChI=1S/C25H37N5O2SSi/c1-17-9-8-10-19-20(11-12-26-21(17)19)30-16-18-15-27-23(33-5)28-22(18)29(24(30)31)13-14-32-34(6,7)25(2,3)4/h8-10,15,20,26H,11-14,16H2,1-7H3. The number of carbonyl (C=O) groups is 1. The number of thioether (sulfide) groups is 1. The Balaban J connectivity index is 1.65. The summed E-state index contributed by atoms with van der Waals surface area (Å²) >= 11 is 1.49. The summed E-state index contributed by atoms with van der Waals surface area (Å²) in [6.45, 7) is 15.6. The van der Waals surface area contributed by atoms with Gasteiger partial charge in [-0.3, -0.25) is 4.90 Å². The quantitative estimate of drug-likeness (QED) is 0.306. The van der Waals surface area contributed by atoms with Gasteiger partial charge in [0.25, 0.3) is 0 Å². The van der Waals surface area contributed by atoms with Crippen molar-refractivity contribution in [2.75, 3.05) is 36.2 Å². The number of rotatable bonds is 6. The molecule has 0 fully saturated rings. The van der Waals surface area contributed by atoms with E-state index in [1.807, 2.05) is 22.3 Å². The second kappa shape index (κ2) is 9.51. The smallest absolute Gasteiger partial charge is 0.326 e. The summed E-state index contributed by atoms with van der Waals surface area (Å²) in [7, 11) is -1.92. The van der Waals surface area contributed by atoms with Crippen molar-refractivity contribution in [2.24, 2.45) is 0 Å². The molecule has 9 heteroatoms. The van der Waals surface area contributed by atoms with Crippen LogP contribution in [0.5, 0.6) is 0 Å². The highest BCUT2D eigenvalue weighted by atomic mass is 32.2. The molecule has 4 rings (SSSR count). The molecule has 7 nitrogen and oxygen atoms in total. The zero-order valence-electron chi connectivity index (χ0n) is 21.4. The van der Waals surface area contributed by atoms with Gasteiger partial charge < -0.3 is 14.6 Å². The molecular weight excluding hydrogens is 462 g/mol. The molecule has 34 heavy (non-hydrogen) atoms. The second-order valence-electron chi connectivity index (χ2n) is 10.6. The van der Waals surface area contributed by atoms with Gasteiger partial charge >= 0.3 is 6.03 Å². The Hall–Kier alpha value is -2.10. The number of nitrogens with zero attached hydrogens (tertiary/aromatic N) is 4. The van der Waals surface area contributed by atoms with E-state index in [-0.39, 0.29) is 17.1 Å². The van der Waals surface area contributed by atoms with Gasteiger partial charge in [-0.2, -0.15) is 0 Å². The van der Waals surface area contributed by atoms with Crippen LogP contribution >= 0.6 is 11.8 Å². The highest BCUT2D eigenvalue weighted by Gasteiger charge is 2.40. The maximum atomic E-state index is 14.0. The monoisotopic (exact) mass is 499 g/mol. The van der Waals surface area contributed by atoms with Crippen LogP contribution in [0.25, 0.3) is 0 Å². The van der Waals surface area contributed by atoms with Gasteiger partial charge in [0.05, 0.1) is 25.7 Å². The molecule has 2 aliphatic heterocycles. The highest BCUT2D eigenvalue weighted by Crippen LogP contribution is 2.41. The second-order valence-corrected chi connectivity index (χ2v) is 16.2. The fourth-order valence-electron chi connectivity index (χ4n) is 4.40. The summed E-state index contributed by atoms with van der Waals surface area (Å²) in [5.41, 5.74) is 4.53.